The number of sulfonamides is 1. The maximum Gasteiger partial charge on any atom is 0.242 e. The van der Waals surface area contributed by atoms with Gasteiger partial charge in [0, 0.05) is 31.7 Å². The van der Waals surface area contributed by atoms with E-state index in [1.54, 1.807) is 7.05 Å². The molecule has 112 valence electrons. The van der Waals surface area contributed by atoms with Crippen molar-refractivity contribution in [1.82, 2.24) is 9.62 Å². The molecular weight excluding hydrogens is 292 g/mol. The van der Waals surface area contributed by atoms with Gasteiger partial charge in [0.05, 0.1) is 10.5 Å². The van der Waals surface area contributed by atoms with Crippen molar-refractivity contribution in [2.24, 2.45) is 0 Å². The molecule has 1 heterocycles. The lowest BCUT2D eigenvalue weighted by atomic mass is 10.1. The number of likely N-dealkylation sites (N-methyl/N-ethyl adjacent to an activating group) is 1. The highest BCUT2D eigenvalue weighted by Crippen LogP contribution is 2.20. The molecule has 0 spiro atoms. The lowest BCUT2D eigenvalue weighted by molar-refractivity contribution is -0.132. The first-order valence-electron chi connectivity index (χ1n) is 6.39. The van der Waals surface area contributed by atoms with Crippen molar-refractivity contribution in [3.05, 3.63) is 23.8 Å². The number of rotatable bonds is 3. The second kappa shape index (κ2) is 5.71. The Balaban J connectivity index is 2.24. The molecule has 0 saturated carbocycles. The molecule has 1 amide bonds. The van der Waals surface area contributed by atoms with Gasteiger partial charge in [-0.15, -0.1) is 0 Å². The van der Waals surface area contributed by atoms with Gasteiger partial charge in [-0.1, -0.05) is 0 Å². The maximum absolute atomic E-state index is 12.4. The summed E-state index contributed by atoms with van der Waals surface area (Å²) in [6.45, 7) is 0.314. The predicted molar refractivity (Wildman–Crippen MR) is 76.5 cm³/mol. The van der Waals surface area contributed by atoms with Crippen molar-refractivity contribution in [3.63, 3.8) is 0 Å². The Bertz CT molecular complexity index is 709. The van der Waals surface area contributed by atoms with E-state index in [9.17, 15) is 13.2 Å². The molecule has 1 aliphatic heterocycles. The molecule has 0 aromatic heterocycles. The summed E-state index contributed by atoms with van der Waals surface area (Å²) in [5, 5.41) is 9.04. The monoisotopic (exact) mass is 308 g/mol. The Morgan fingerprint density at radius 3 is 2.81 bits per heavy atom. The number of nitrogens with zero attached hydrogens (tertiary/aromatic N) is 2. The number of hydrogen-bond donors (Lipinski definition) is 2. The summed E-state index contributed by atoms with van der Waals surface area (Å²) in [5.74, 6) is -0.00403. The summed E-state index contributed by atoms with van der Waals surface area (Å²) in [5.41, 5.74) is 5.88. The van der Waals surface area contributed by atoms with Crippen LogP contribution in [0.15, 0.2) is 23.1 Å². The van der Waals surface area contributed by atoms with Gasteiger partial charge in [0.25, 0.3) is 0 Å². The number of hydrogen-bond acceptors (Lipinski definition) is 5. The normalized spacial score (nSPS) is 19.3. The molecule has 1 saturated heterocycles. The van der Waals surface area contributed by atoms with Crippen LogP contribution in [0, 0.1) is 11.3 Å². The zero-order valence-corrected chi connectivity index (χ0v) is 12.4. The predicted octanol–water partition coefficient (Wildman–Crippen LogP) is 0.0396. The number of benzene rings is 1. The third kappa shape index (κ3) is 3.32. The van der Waals surface area contributed by atoms with Crippen molar-refractivity contribution in [1.29, 1.82) is 5.26 Å². The van der Waals surface area contributed by atoms with E-state index in [1.807, 2.05) is 6.07 Å². The molecule has 7 nitrogen and oxygen atoms in total. The molecule has 1 aromatic carbocycles. The van der Waals surface area contributed by atoms with Crippen LogP contribution in [-0.4, -0.2) is 38.9 Å². The largest absolute Gasteiger partial charge is 0.399 e. The average molecular weight is 308 g/mol. The second-order valence-electron chi connectivity index (χ2n) is 5.00. The van der Waals surface area contributed by atoms with E-state index < -0.39 is 10.0 Å². The standard InChI is InChI=1S/C13H16N4O3S/c1-17-8-11(3-5-13(17)18)16-21(19,20)12-4-2-10(15)6-9(12)7-14/h2,4,6,11,16H,3,5,8,15H2,1H3. The third-order valence-electron chi connectivity index (χ3n) is 3.36. The van der Waals surface area contributed by atoms with E-state index in [0.29, 0.717) is 25.1 Å². The van der Waals surface area contributed by atoms with Crippen LogP contribution in [0.3, 0.4) is 0 Å². The van der Waals surface area contributed by atoms with Gasteiger partial charge in [0.2, 0.25) is 15.9 Å². The van der Waals surface area contributed by atoms with Crippen LogP contribution in [0.4, 0.5) is 5.69 Å². The topological polar surface area (TPSA) is 116 Å². The number of nitriles is 1. The molecule has 1 fully saturated rings. The van der Waals surface area contributed by atoms with Gasteiger partial charge >= 0.3 is 0 Å². The van der Waals surface area contributed by atoms with Crippen LogP contribution in [0.1, 0.15) is 18.4 Å². The Morgan fingerprint density at radius 1 is 1.48 bits per heavy atom. The molecule has 1 atom stereocenters. The number of carbonyl (C=O) groups is 1. The molecule has 21 heavy (non-hydrogen) atoms. The fourth-order valence-corrected chi connectivity index (χ4v) is 3.66. The maximum atomic E-state index is 12.4. The fourth-order valence-electron chi connectivity index (χ4n) is 2.26. The first-order chi connectivity index (χ1) is 9.83. The number of amides is 1. The summed E-state index contributed by atoms with van der Waals surface area (Å²) in [6, 6.07) is 5.55. The Kier molecular flexibility index (Phi) is 4.16. The average Bonchev–Trinajstić information content (AvgIpc) is 2.42. The van der Waals surface area contributed by atoms with Crippen molar-refractivity contribution in [2.75, 3.05) is 19.3 Å². The van der Waals surface area contributed by atoms with Crippen LogP contribution >= 0.6 is 0 Å². The Hall–Kier alpha value is -2.11. The highest BCUT2D eigenvalue weighted by Gasteiger charge is 2.28. The number of piperidine rings is 1. The Labute approximate surface area is 123 Å². The Morgan fingerprint density at radius 2 is 2.19 bits per heavy atom. The van der Waals surface area contributed by atoms with Gasteiger partial charge in [-0.3, -0.25) is 4.79 Å². The van der Waals surface area contributed by atoms with E-state index in [1.165, 1.54) is 23.1 Å². The van der Waals surface area contributed by atoms with Crippen molar-refractivity contribution in [2.45, 2.75) is 23.8 Å². The zero-order valence-electron chi connectivity index (χ0n) is 11.5. The van der Waals surface area contributed by atoms with Gasteiger partial charge in [0.1, 0.15) is 6.07 Å². The number of nitrogens with one attached hydrogen (secondary N) is 1. The summed E-state index contributed by atoms with van der Waals surface area (Å²) < 4.78 is 27.3. The van der Waals surface area contributed by atoms with Crippen molar-refractivity contribution >= 4 is 21.6 Å². The number of anilines is 1. The van der Waals surface area contributed by atoms with Crippen LogP contribution in [-0.2, 0) is 14.8 Å². The van der Waals surface area contributed by atoms with Gasteiger partial charge < -0.3 is 10.6 Å². The minimum Gasteiger partial charge on any atom is -0.399 e. The fraction of sp³-hybridized carbons (Fsp3) is 0.385. The van der Waals surface area contributed by atoms with E-state index in [2.05, 4.69) is 4.72 Å². The van der Waals surface area contributed by atoms with E-state index >= 15 is 0 Å². The molecular formula is C13H16N4O3S. The molecule has 8 heteroatoms. The van der Waals surface area contributed by atoms with Gasteiger partial charge in [-0.25, -0.2) is 13.1 Å². The van der Waals surface area contributed by atoms with E-state index in [-0.39, 0.29) is 22.4 Å². The minimum atomic E-state index is -3.83. The van der Waals surface area contributed by atoms with Crippen LogP contribution < -0.4 is 10.5 Å². The highest BCUT2D eigenvalue weighted by molar-refractivity contribution is 7.89. The zero-order chi connectivity index (χ0) is 15.6. The smallest absolute Gasteiger partial charge is 0.242 e. The molecule has 0 bridgehead atoms. The second-order valence-corrected chi connectivity index (χ2v) is 6.68. The number of nitrogens with two attached hydrogens (primary N) is 1. The van der Waals surface area contributed by atoms with Crippen LogP contribution in [0.5, 0.6) is 0 Å². The molecule has 0 radical (unpaired) electrons. The quantitative estimate of drug-likeness (QED) is 0.765. The van der Waals surface area contributed by atoms with Crippen molar-refractivity contribution < 1.29 is 13.2 Å². The number of carbonyl (C=O) groups excluding carboxylic acids is 1. The highest BCUT2D eigenvalue weighted by atomic mass is 32.2. The molecule has 3 N–H and O–H groups in total. The van der Waals surface area contributed by atoms with E-state index in [4.69, 9.17) is 11.0 Å². The van der Waals surface area contributed by atoms with Gasteiger partial charge in [-0.2, -0.15) is 5.26 Å². The lowest BCUT2D eigenvalue weighted by Gasteiger charge is -2.30. The summed E-state index contributed by atoms with van der Waals surface area (Å²) >= 11 is 0. The number of likely N-dealkylation sites (tertiary alicyclic amines) is 1. The first-order valence-corrected chi connectivity index (χ1v) is 7.87. The lowest BCUT2D eigenvalue weighted by Crippen LogP contribution is -2.48. The van der Waals surface area contributed by atoms with Crippen LogP contribution in [0.25, 0.3) is 0 Å². The van der Waals surface area contributed by atoms with Gasteiger partial charge in [-0.05, 0) is 24.6 Å². The molecule has 1 aliphatic rings. The first kappa shape index (κ1) is 15.3. The molecule has 0 aliphatic carbocycles. The van der Waals surface area contributed by atoms with Crippen LogP contribution in [0.2, 0.25) is 0 Å². The molecule has 2 rings (SSSR count). The SMILES string of the molecule is CN1CC(NS(=O)(=O)c2ccc(N)cc2C#N)CCC1=O. The number of nitrogen functional groups attached to an aromatic ring is 1. The summed E-state index contributed by atoms with van der Waals surface area (Å²) in [4.78, 5) is 12.8. The van der Waals surface area contributed by atoms with Gasteiger partial charge in [0.15, 0.2) is 0 Å². The molecule has 1 aromatic rings. The summed E-state index contributed by atoms with van der Waals surface area (Å²) in [7, 11) is -2.19. The van der Waals surface area contributed by atoms with E-state index in [0.717, 1.165) is 0 Å². The summed E-state index contributed by atoms with van der Waals surface area (Å²) in [6.07, 6.45) is 0.746. The third-order valence-corrected chi connectivity index (χ3v) is 4.94. The minimum absolute atomic E-state index is 0.00254. The van der Waals surface area contributed by atoms with Crippen molar-refractivity contribution in [3.8, 4) is 6.07 Å². The molecule has 1 unspecified atom stereocenters.